The standard InChI is InChI=1S/C11H16BrN3OS/c1-14(8-9-2-3-10(12)17-9)11(16)15-6-4-13-5-7-15/h2-3,13H,4-8H2,1H3. The SMILES string of the molecule is CN(Cc1ccc(Br)s1)C(=O)N1CCNCC1. The van der Waals surface area contributed by atoms with Gasteiger partial charge in [-0.3, -0.25) is 0 Å². The van der Waals surface area contributed by atoms with Crippen molar-refractivity contribution in [3.63, 3.8) is 0 Å². The average Bonchev–Trinajstić information content (AvgIpc) is 2.75. The molecule has 0 radical (unpaired) electrons. The topological polar surface area (TPSA) is 35.6 Å². The zero-order chi connectivity index (χ0) is 12.3. The van der Waals surface area contributed by atoms with Crippen LogP contribution in [0.2, 0.25) is 0 Å². The summed E-state index contributed by atoms with van der Waals surface area (Å²) in [5.74, 6) is 0. The van der Waals surface area contributed by atoms with Gasteiger partial charge in [0, 0.05) is 38.1 Å². The minimum Gasteiger partial charge on any atom is -0.323 e. The number of nitrogens with zero attached hydrogens (tertiary/aromatic N) is 2. The predicted molar refractivity (Wildman–Crippen MR) is 73.3 cm³/mol. The van der Waals surface area contributed by atoms with Gasteiger partial charge in [-0.1, -0.05) is 0 Å². The highest BCUT2D eigenvalue weighted by Gasteiger charge is 2.19. The van der Waals surface area contributed by atoms with E-state index in [0.29, 0.717) is 6.54 Å². The molecule has 0 spiro atoms. The smallest absolute Gasteiger partial charge is 0.320 e. The minimum absolute atomic E-state index is 0.121. The molecule has 1 aromatic rings. The number of hydrogen-bond acceptors (Lipinski definition) is 3. The van der Waals surface area contributed by atoms with Crippen LogP contribution < -0.4 is 5.32 Å². The summed E-state index contributed by atoms with van der Waals surface area (Å²) in [7, 11) is 1.86. The zero-order valence-electron chi connectivity index (χ0n) is 9.78. The lowest BCUT2D eigenvalue weighted by Gasteiger charge is -2.31. The molecule has 6 heteroatoms. The second-order valence-electron chi connectivity index (χ2n) is 4.08. The van der Waals surface area contributed by atoms with Crippen molar-refractivity contribution in [2.24, 2.45) is 0 Å². The molecule has 1 aliphatic rings. The molecule has 1 fully saturated rings. The lowest BCUT2D eigenvalue weighted by molar-refractivity contribution is 0.154. The number of carbonyl (C=O) groups excluding carboxylic acids is 1. The number of thiophene rings is 1. The molecule has 0 unspecified atom stereocenters. The van der Waals surface area contributed by atoms with E-state index >= 15 is 0 Å². The Balaban J connectivity index is 1.90. The zero-order valence-corrected chi connectivity index (χ0v) is 12.2. The third-order valence-corrected chi connectivity index (χ3v) is 4.34. The number of hydrogen-bond donors (Lipinski definition) is 1. The van der Waals surface area contributed by atoms with Crippen molar-refractivity contribution >= 4 is 33.3 Å². The summed E-state index contributed by atoms with van der Waals surface area (Å²) in [5, 5.41) is 3.24. The first-order valence-electron chi connectivity index (χ1n) is 5.62. The summed E-state index contributed by atoms with van der Waals surface area (Å²) in [6.45, 7) is 4.07. The Morgan fingerprint density at radius 1 is 1.53 bits per heavy atom. The fraction of sp³-hybridized carbons (Fsp3) is 0.545. The van der Waals surface area contributed by atoms with E-state index in [0.717, 1.165) is 30.0 Å². The van der Waals surface area contributed by atoms with Crippen molar-refractivity contribution in [1.82, 2.24) is 15.1 Å². The number of urea groups is 1. The van der Waals surface area contributed by atoms with Crippen LogP contribution in [0.4, 0.5) is 4.79 Å². The summed E-state index contributed by atoms with van der Waals surface area (Å²) in [6.07, 6.45) is 0. The fourth-order valence-corrected chi connectivity index (χ4v) is 3.37. The molecule has 0 aromatic carbocycles. The lowest BCUT2D eigenvalue weighted by atomic mass is 10.4. The Bertz CT molecular complexity index is 390. The van der Waals surface area contributed by atoms with Gasteiger partial charge in [0.2, 0.25) is 0 Å². The van der Waals surface area contributed by atoms with E-state index in [9.17, 15) is 4.79 Å². The first kappa shape index (κ1) is 12.9. The molecule has 2 rings (SSSR count). The summed E-state index contributed by atoms with van der Waals surface area (Å²) < 4.78 is 1.11. The number of carbonyl (C=O) groups is 1. The van der Waals surface area contributed by atoms with E-state index in [-0.39, 0.29) is 6.03 Å². The van der Waals surface area contributed by atoms with Gasteiger partial charge in [-0.05, 0) is 28.1 Å². The molecule has 1 saturated heterocycles. The van der Waals surface area contributed by atoms with Crippen molar-refractivity contribution in [1.29, 1.82) is 0 Å². The van der Waals surface area contributed by atoms with Crippen LogP contribution in [0.3, 0.4) is 0 Å². The highest BCUT2D eigenvalue weighted by molar-refractivity contribution is 9.11. The number of halogens is 1. The minimum atomic E-state index is 0.121. The van der Waals surface area contributed by atoms with Crippen molar-refractivity contribution in [2.45, 2.75) is 6.54 Å². The summed E-state index contributed by atoms with van der Waals surface area (Å²) >= 11 is 5.10. The maximum Gasteiger partial charge on any atom is 0.320 e. The lowest BCUT2D eigenvalue weighted by Crippen LogP contribution is -2.50. The van der Waals surface area contributed by atoms with Crippen LogP contribution in [0.1, 0.15) is 4.88 Å². The van der Waals surface area contributed by atoms with Crippen LogP contribution in [-0.2, 0) is 6.54 Å². The molecule has 94 valence electrons. The Labute approximate surface area is 114 Å². The summed E-state index contributed by atoms with van der Waals surface area (Å²) in [4.78, 5) is 17.0. The first-order valence-corrected chi connectivity index (χ1v) is 7.23. The van der Waals surface area contributed by atoms with Gasteiger partial charge >= 0.3 is 6.03 Å². The van der Waals surface area contributed by atoms with Gasteiger partial charge in [-0.2, -0.15) is 0 Å². The van der Waals surface area contributed by atoms with Gasteiger partial charge in [0.15, 0.2) is 0 Å². The van der Waals surface area contributed by atoms with Crippen LogP contribution in [-0.4, -0.2) is 49.1 Å². The van der Waals surface area contributed by atoms with Crippen molar-refractivity contribution in [3.05, 3.63) is 20.8 Å². The van der Waals surface area contributed by atoms with Crippen LogP contribution >= 0.6 is 27.3 Å². The van der Waals surface area contributed by atoms with Crippen LogP contribution in [0.15, 0.2) is 15.9 Å². The van der Waals surface area contributed by atoms with Gasteiger partial charge in [0.25, 0.3) is 0 Å². The molecule has 17 heavy (non-hydrogen) atoms. The molecule has 0 atom stereocenters. The van der Waals surface area contributed by atoms with Gasteiger partial charge in [0.1, 0.15) is 0 Å². The molecule has 1 aliphatic heterocycles. The first-order chi connectivity index (χ1) is 8.16. The normalized spacial score (nSPS) is 16.0. The summed E-state index contributed by atoms with van der Waals surface area (Å²) in [5.41, 5.74) is 0. The molecule has 0 saturated carbocycles. The third-order valence-electron chi connectivity index (χ3n) is 2.74. The number of amides is 2. The Morgan fingerprint density at radius 3 is 2.82 bits per heavy atom. The van der Waals surface area contributed by atoms with Gasteiger partial charge in [-0.25, -0.2) is 4.79 Å². The monoisotopic (exact) mass is 317 g/mol. The molecule has 1 aromatic heterocycles. The summed E-state index contributed by atoms with van der Waals surface area (Å²) in [6, 6.07) is 4.19. The van der Waals surface area contributed by atoms with Crippen LogP contribution in [0.5, 0.6) is 0 Å². The quantitative estimate of drug-likeness (QED) is 0.905. The van der Waals surface area contributed by atoms with Crippen LogP contribution in [0, 0.1) is 0 Å². The maximum atomic E-state index is 12.1. The van der Waals surface area contributed by atoms with Crippen molar-refractivity contribution < 1.29 is 4.79 Å². The van der Waals surface area contributed by atoms with E-state index in [2.05, 4.69) is 27.3 Å². The largest absolute Gasteiger partial charge is 0.323 e. The molecule has 0 aliphatic carbocycles. The Kier molecular flexibility index (Phi) is 4.42. The molecule has 2 amide bonds. The number of nitrogens with one attached hydrogen (secondary N) is 1. The van der Waals surface area contributed by atoms with Crippen LogP contribution in [0.25, 0.3) is 0 Å². The molecule has 1 N–H and O–H groups in total. The predicted octanol–water partition coefficient (Wildman–Crippen LogP) is 1.97. The Hall–Kier alpha value is -0.590. The Morgan fingerprint density at radius 2 is 2.24 bits per heavy atom. The molecule has 2 heterocycles. The van der Waals surface area contributed by atoms with Gasteiger partial charge < -0.3 is 15.1 Å². The molecule has 4 nitrogen and oxygen atoms in total. The molecular weight excluding hydrogens is 302 g/mol. The van der Waals surface area contributed by atoms with E-state index in [1.165, 1.54) is 4.88 Å². The average molecular weight is 318 g/mol. The van der Waals surface area contributed by atoms with Crippen molar-refractivity contribution in [3.8, 4) is 0 Å². The highest BCUT2D eigenvalue weighted by atomic mass is 79.9. The number of rotatable bonds is 2. The van der Waals surface area contributed by atoms with Crippen molar-refractivity contribution in [2.75, 3.05) is 33.2 Å². The second-order valence-corrected chi connectivity index (χ2v) is 6.63. The maximum absolute atomic E-state index is 12.1. The number of piperazine rings is 1. The highest BCUT2D eigenvalue weighted by Crippen LogP contribution is 2.23. The van der Waals surface area contributed by atoms with E-state index in [1.54, 1.807) is 16.2 Å². The van der Waals surface area contributed by atoms with E-state index < -0.39 is 0 Å². The molecular formula is C11H16BrN3OS. The third kappa shape index (κ3) is 3.43. The van der Waals surface area contributed by atoms with E-state index in [4.69, 9.17) is 0 Å². The molecule has 0 bridgehead atoms. The van der Waals surface area contributed by atoms with Gasteiger partial charge in [0.05, 0.1) is 10.3 Å². The van der Waals surface area contributed by atoms with E-state index in [1.807, 2.05) is 18.0 Å². The fourth-order valence-electron chi connectivity index (χ4n) is 1.84. The van der Waals surface area contributed by atoms with Gasteiger partial charge in [-0.15, -0.1) is 11.3 Å². The second kappa shape index (κ2) is 5.84.